The highest BCUT2D eigenvalue weighted by atomic mass is 32.1. The monoisotopic (exact) mass is 273 g/mol. The first-order valence-corrected chi connectivity index (χ1v) is 7.77. The molecule has 0 saturated carbocycles. The number of hydrogen-bond acceptors (Lipinski definition) is 4. The van der Waals surface area contributed by atoms with Gasteiger partial charge in [0.15, 0.2) is 0 Å². The van der Waals surface area contributed by atoms with Crippen LogP contribution < -0.4 is 5.32 Å². The third-order valence-corrected chi connectivity index (χ3v) is 4.15. The zero-order valence-corrected chi connectivity index (χ0v) is 11.8. The maximum Gasteiger partial charge on any atom is 0.0795 e. The minimum Gasteiger partial charge on any atom is -0.379 e. The number of rotatable bonds is 5. The molecule has 1 aromatic heterocycles. The minimum atomic E-state index is 0.801. The van der Waals surface area contributed by atoms with Gasteiger partial charge in [-0.15, -0.1) is 11.3 Å². The van der Waals surface area contributed by atoms with Gasteiger partial charge in [0.05, 0.1) is 17.7 Å². The molecule has 0 amide bonds. The SMILES string of the molecule is c1nc(CNc2ccc(CN3CCCC3)cc2)cs1. The van der Waals surface area contributed by atoms with Gasteiger partial charge in [-0.1, -0.05) is 12.1 Å². The zero-order chi connectivity index (χ0) is 12.9. The molecule has 1 aliphatic heterocycles. The van der Waals surface area contributed by atoms with Crippen molar-refractivity contribution in [2.45, 2.75) is 25.9 Å². The van der Waals surface area contributed by atoms with Crippen molar-refractivity contribution < 1.29 is 0 Å². The van der Waals surface area contributed by atoms with Crippen molar-refractivity contribution in [2.75, 3.05) is 18.4 Å². The number of aromatic nitrogens is 1. The lowest BCUT2D eigenvalue weighted by molar-refractivity contribution is 0.331. The second-order valence-corrected chi connectivity index (χ2v) is 5.73. The molecule has 0 unspecified atom stereocenters. The van der Waals surface area contributed by atoms with Crippen molar-refractivity contribution in [3.63, 3.8) is 0 Å². The molecule has 2 heterocycles. The number of thiazole rings is 1. The highest BCUT2D eigenvalue weighted by Gasteiger charge is 2.11. The Balaban J connectivity index is 1.53. The highest BCUT2D eigenvalue weighted by molar-refractivity contribution is 7.07. The normalized spacial score (nSPS) is 15.8. The van der Waals surface area contributed by atoms with E-state index in [0.717, 1.165) is 24.5 Å². The standard InChI is InChI=1S/C15H19N3S/c1-2-8-18(7-1)10-13-3-5-14(6-4-13)16-9-15-11-19-12-17-15/h3-6,11-12,16H,1-2,7-10H2. The first kappa shape index (κ1) is 12.6. The molecule has 1 aliphatic rings. The van der Waals surface area contributed by atoms with Crippen LogP contribution in [0.25, 0.3) is 0 Å². The summed E-state index contributed by atoms with van der Waals surface area (Å²) < 4.78 is 0. The molecule has 1 saturated heterocycles. The van der Waals surface area contributed by atoms with Crippen LogP contribution in [-0.2, 0) is 13.1 Å². The van der Waals surface area contributed by atoms with Crippen LogP contribution in [0.5, 0.6) is 0 Å². The fourth-order valence-electron chi connectivity index (χ4n) is 2.44. The summed E-state index contributed by atoms with van der Waals surface area (Å²) in [5.74, 6) is 0. The molecule has 4 heteroatoms. The lowest BCUT2D eigenvalue weighted by Gasteiger charge is -2.14. The van der Waals surface area contributed by atoms with E-state index in [1.54, 1.807) is 11.3 Å². The molecule has 0 aliphatic carbocycles. The molecule has 19 heavy (non-hydrogen) atoms. The fraction of sp³-hybridized carbons (Fsp3) is 0.400. The number of benzene rings is 1. The van der Waals surface area contributed by atoms with Crippen LogP contribution >= 0.6 is 11.3 Å². The summed E-state index contributed by atoms with van der Waals surface area (Å²) >= 11 is 1.64. The largest absolute Gasteiger partial charge is 0.379 e. The predicted octanol–water partition coefficient (Wildman–Crippen LogP) is 3.35. The van der Waals surface area contributed by atoms with Crippen molar-refractivity contribution in [2.24, 2.45) is 0 Å². The van der Waals surface area contributed by atoms with Crippen LogP contribution in [0.1, 0.15) is 24.1 Å². The predicted molar refractivity (Wildman–Crippen MR) is 80.4 cm³/mol. The molecule has 0 radical (unpaired) electrons. The van der Waals surface area contributed by atoms with Gasteiger partial charge < -0.3 is 5.32 Å². The molecule has 0 atom stereocenters. The van der Waals surface area contributed by atoms with Crippen molar-refractivity contribution in [3.05, 3.63) is 46.4 Å². The van der Waals surface area contributed by atoms with Crippen molar-refractivity contribution >= 4 is 17.0 Å². The number of likely N-dealkylation sites (tertiary alicyclic amines) is 1. The molecule has 3 nitrogen and oxygen atoms in total. The summed E-state index contributed by atoms with van der Waals surface area (Å²) in [7, 11) is 0. The fourth-order valence-corrected chi connectivity index (χ4v) is 3.00. The Morgan fingerprint density at radius 2 is 1.95 bits per heavy atom. The van der Waals surface area contributed by atoms with Crippen molar-refractivity contribution in [1.29, 1.82) is 0 Å². The second kappa shape index (κ2) is 6.17. The van der Waals surface area contributed by atoms with Crippen LogP contribution in [0.3, 0.4) is 0 Å². The maximum absolute atomic E-state index is 4.27. The average Bonchev–Trinajstić information content (AvgIpc) is 3.11. The molecule has 1 fully saturated rings. The topological polar surface area (TPSA) is 28.2 Å². The number of hydrogen-bond donors (Lipinski definition) is 1. The summed E-state index contributed by atoms with van der Waals surface area (Å²) in [6.45, 7) is 4.40. The number of nitrogens with zero attached hydrogens (tertiary/aromatic N) is 2. The van der Waals surface area contributed by atoms with Gasteiger partial charge in [-0.05, 0) is 43.6 Å². The Hall–Kier alpha value is -1.39. The van der Waals surface area contributed by atoms with Crippen molar-refractivity contribution in [1.82, 2.24) is 9.88 Å². The molecule has 0 bridgehead atoms. The van der Waals surface area contributed by atoms with Crippen LogP contribution in [-0.4, -0.2) is 23.0 Å². The third kappa shape index (κ3) is 3.55. The Kier molecular flexibility index (Phi) is 4.10. The zero-order valence-electron chi connectivity index (χ0n) is 11.0. The molecule has 3 rings (SSSR count). The van der Waals surface area contributed by atoms with E-state index in [1.807, 2.05) is 5.51 Å². The van der Waals surface area contributed by atoms with Gasteiger partial charge >= 0.3 is 0 Å². The number of nitrogens with one attached hydrogen (secondary N) is 1. The Labute approximate surface area is 118 Å². The lowest BCUT2D eigenvalue weighted by atomic mass is 10.2. The first-order valence-electron chi connectivity index (χ1n) is 6.82. The molecular weight excluding hydrogens is 254 g/mol. The molecule has 1 N–H and O–H groups in total. The van der Waals surface area contributed by atoms with E-state index in [0.29, 0.717) is 0 Å². The van der Waals surface area contributed by atoms with E-state index < -0.39 is 0 Å². The van der Waals surface area contributed by atoms with Gasteiger partial charge in [-0.2, -0.15) is 0 Å². The summed E-state index contributed by atoms with van der Waals surface area (Å²) in [4.78, 5) is 6.79. The van der Waals surface area contributed by atoms with E-state index in [1.165, 1.54) is 31.5 Å². The average molecular weight is 273 g/mol. The lowest BCUT2D eigenvalue weighted by Crippen LogP contribution is -2.18. The van der Waals surface area contributed by atoms with E-state index in [2.05, 4.69) is 44.8 Å². The van der Waals surface area contributed by atoms with Crippen LogP contribution in [0.2, 0.25) is 0 Å². The highest BCUT2D eigenvalue weighted by Crippen LogP contribution is 2.15. The molecule has 0 spiro atoms. The summed E-state index contributed by atoms with van der Waals surface area (Å²) in [5, 5.41) is 5.48. The van der Waals surface area contributed by atoms with E-state index >= 15 is 0 Å². The molecular formula is C15H19N3S. The van der Waals surface area contributed by atoms with E-state index in [-0.39, 0.29) is 0 Å². The van der Waals surface area contributed by atoms with Gasteiger partial charge in [0.1, 0.15) is 0 Å². The van der Waals surface area contributed by atoms with Gasteiger partial charge in [0.25, 0.3) is 0 Å². The maximum atomic E-state index is 4.27. The second-order valence-electron chi connectivity index (χ2n) is 5.01. The summed E-state index contributed by atoms with van der Waals surface area (Å²) in [6, 6.07) is 8.78. The van der Waals surface area contributed by atoms with Gasteiger partial charge in [0.2, 0.25) is 0 Å². The van der Waals surface area contributed by atoms with Gasteiger partial charge in [0, 0.05) is 17.6 Å². The Morgan fingerprint density at radius 3 is 2.63 bits per heavy atom. The summed E-state index contributed by atoms with van der Waals surface area (Å²) in [5.41, 5.74) is 5.54. The third-order valence-electron chi connectivity index (χ3n) is 3.52. The van der Waals surface area contributed by atoms with Crippen LogP contribution in [0, 0.1) is 0 Å². The smallest absolute Gasteiger partial charge is 0.0795 e. The van der Waals surface area contributed by atoms with Crippen LogP contribution in [0.4, 0.5) is 5.69 Å². The Bertz CT molecular complexity index is 487. The van der Waals surface area contributed by atoms with Crippen molar-refractivity contribution in [3.8, 4) is 0 Å². The van der Waals surface area contributed by atoms with Gasteiger partial charge in [-0.25, -0.2) is 4.98 Å². The quantitative estimate of drug-likeness (QED) is 0.905. The minimum absolute atomic E-state index is 0.801. The Morgan fingerprint density at radius 1 is 1.16 bits per heavy atom. The van der Waals surface area contributed by atoms with E-state index in [9.17, 15) is 0 Å². The molecule has 1 aromatic carbocycles. The van der Waals surface area contributed by atoms with Crippen LogP contribution in [0.15, 0.2) is 35.2 Å². The van der Waals surface area contributed by atoms with E-state index in [4.69, 9.17) is 0 Å². The van der Waals surface area contributed by atoms with Gasteiger partial charge in [-0.3, -0.25) is 4.90 Å². The molecule has 100 valence electrons. The molecule has 2 aromatic rings. The number of anilines is 1. The summed E-state index contributed by atoms with van der Waals surface area (Å²) in [6.07, 6.45) is 2.71. The first-order chi connectivity index (χ1) is 9.40.